The number of pyridine rings is 1. The van der Waals surface area contributed by atoms with Gasteiger partial charge in [-0.1, -0.05) is 0 Å². The number of nitrogens with one attached hydrogen (secondary N) is 1. The molecule has 1 heterocycles. The van der Waals surface area contributed by atoms with Gasteiger partial charge in [0.15, 0.2) is 11.5 Å². The van der Waals surface area contributed by atoms with Gasteiger partial charge >= 0.3 is 0 Å². The van der Waals surface area contributed by atoms with E-state index < -0.39 is 0 Å². The number of hydrogen-bond donors (Lipinski definition) is 1. The standard InChI is InChI=1S/C18H20N2O4/c1-12-9-14(7-8-19-12)20-17(21)6-5-13-10-15(22-2)18(24-4)16(11-13)23-3/h5-11H,1-4H3,(H,19,20,21)/b6-5-. The predicted octanol–water partition coefficient (Wildman–Crippen LogP) is 3.07. The van der Waals surface area contributed by atoms with E-state index >= 15 is 0 Å². The number of hydrogen-bond acceptors (Lipinski definition) is 5. The molecule has 0 bridgehead atoms. The number of anilines is 1. The summed E-state index contributed by atoms with van der Waals surface area (Å²) in [5, 5.41) is 2.78. The van der Waals surface area contributed by atoms with Crippen LogP contribution in [0.1, 0.15) is 11.3 Å². The third-order valence-electron chi connectivity index (χ3n) is 3.28. The molecule has 2 aromatic rings. The number of methoxy groups -OCH3 is 3. The van der Waals surface area contributed by atoms with Gasteiger partial charge in [-0.15, -0.1) is 0 Å². The van der Waals surface area contributed by atoms with Crippen molar-refractivity contribution in [1.29, 1.82) is 0 Å². The van der Waals surface area contributed by atoms with Crippen LogP contribution in [-0.4, -0.2) is 32.2 Å². The Balaban J connectivity index is 2.17. The normalized spacial score (nSPS) is 10.5. The average Bonchev–Trinajstić information content (AvgIpc) is 2.58. The lowest BCUT2D eigenvalue weighted by atomic mass is 10.1. The molecule has 1 N–H and O–H groups in total. The lowest BCUT2D eigenvalue weighted by molar-refractivity contribution is -0.111. The van der Waals surface area contributed by atoms with E-state index in [4.69, 9.17) is 14.2 Å². The zero-order valence-corrected chi connectivity index (χ0v) is 14.1. The van der Waals surface area contributed by atoms with Gasteiger partial charge in [0, 0.05) is 23.7 Å². The molecule has 24 heavy (non-hydrogen) atoms. The maximum Gasteiger partial charge on any atom is 0.248 e. The van der Waals surface area contributed by atoms with E-state index in [0.717, 1.165) is 11.3 Å². The maximum atomic E-state index is 12.0. The maximum absolute atomic E-state index is 12.0. The number of benzene rings is 1. The molecule has 6 nitrogen and oxygen atoms in total. The van der Waals surface area contributed by atoms with E-state index in [2.05, 4.69) is 10.3 Å². The summed E-state index contributed by atoms with van der Waals surface area (Å²) in [5.41, 5.74) is 2.29. The number of carbonyl (C=O) groups excluding carboxylic acids is 1. The molecular weight excluding hydrogens is 308 g/mol. The Hall–Kier alpha value is -3.02. The van der Waals surface area contributed by atoms with Crippen LogP contribution in [0.2, 0.25) is 0 Å². The molecule has 0 fully saturated rings. The summed E-state index contributed by atoms with van der Waals surface area (Å²) in [6.07, 6.45) is 4.76. The number of aryl methyl sites for hydroxylation is 1. The van der Waals surface area contributed by atoms with Crippen LogP contribution in [0.15, 0.2) is 36.5 Å². The second-order valence-corrected chi connectivity index (χ2v) is 4.97. The quantitative estimate of drug-likeness (QED) is 0.825. The average molecular weight is 328 g/mol. The van der Waals surface area contributed by atoms with Crippen molar-refractivity contribution >= 4 is 17.7 Å². The third-order valence-corrected chi connectivity index (χ3v) is 3.28. The van der Waals surface area contributed by atoms with Gasteiger partial charge in [0.2, 0.25) is 11.7 Å². The van der Waals surface area contributed by atoms with E-state index in [1.165, 1.54) is 6.08 Å². The molecule has 1 amide bonds. The molecule has 1 aromatic carbocycles. The second-order valence-electron chi connectivity index (χ2n) is 4.97. The molecule has 0 unspecified atom stereocenters. The Morgan fingerprint density at radius 1 is 1.08 bits per heavy atom. The van der Waals surface area contributed by atoms with E-state index in [0.29, 0.717) is 22.9 Å². The van der Waals surface area contributed by atoms with E-state index in [-0.39, 0.29) is 5.91 Å². The molecule has 0 aliphatic rings. The first-order valence-electron chi connectivity index (χ1n) is 7.29. The molecule has 6 heteroatoms. The topological polar surface area (TPSA) is 69.7 Å². The van der Waals surface area contributed by atoms with Crippen molar-refractivity contribution in [3.05, 3.63) is 47.8 Å². The summed E-state index contributed by atoms with van der Waals surface area (Å²) in [4.78, 5) is 16.1. The van der Waals surface area contributed by atoms with Crippen LogP contribution in [0.25, 0.3) is 6.08 Å². The first-order valence-corrected chi connectivity index (χ1v) is 7.29. The highest BCUT2D eigenvalue weighted by Crippen LogP contribution is 2.38. The Bertz CT molecular complexity index is 731. The SMILES string of the molecule is COc1cc(/C=C\C(=O)Nc2ccnc(C)c2)cc(OC)c1OC. The van der Waals surface area contributed by atoms with E-state index in [1.807, 2.05) is 6.92 Å². The molecule has 0 radical (unpaired) electrons. The van der Waals surface area contributed by atoms with Crippen LogP contribution in [0.3, 0.4) is 0 Å². The lowest BCUT2D eigenvalue weighted by Crippen LogP contribution is -2.08. The second kappa shape index (κ2) is 8.01. The van der Waals surface area contributed by atoms with Crippen LogP contribution < -0.4 is 19.5 Å². The lowest BCUT2D eigenvalue weighted by Gasteiger charge is -2.12. The predicted molar refractivity (Wildman–Crippen MR) is 92.7 cm³/mol. The van der Waals surface area contributed by atoms with Gasteiger partial charge in [0.25, 0.3) is 0 Å². The summed E-state index contributed by atoms with van der Waals surface area (Å²) >= 11 is 0. The molecule has 0 spiro atoms. The molecule has 126 valence electrons. The fraction of sp³-hybridized carbons (Fsp3) is 0.222. The zero-order valence-electron chi connectivity index (χ0n) is 14.1. The van der Waals surface area contributed by atoms with Crippen LogP contribution >= 0.6 is 0 Å². The van der Waals surface area contributed by atoms with Gasteiger partial charge in [0.1, 0.15) is 0 Å². The molecule has 1 aromatic heterocycles. The van der Waals surface area contributed by atoms with Crippen LogP contribution in [0, 0.1) is 6.92 Å². The van der Waals surface area contributed by atoms with Crippen molar-refractivity contribution < 1.29 is 19.0 Å². The summed E-state index contributed by atoms with van der Waals surface area (Å²) in [6, 6.07) is 7.06. The number of amides is 1. The van der Waals surface area contributed by atoms with Crippen molar-refractivity contribution in [2.45, 2.75) is 6.92 Å². The molecule has 0 saturated carbocycles. The number of carbonyl (C=O) groups is 1. The first kappa shape index (κ1) is 17.3. The van der Waals surface area contributed by atoms with Crippen molar-refractivity contribution in [3.63, 3.8) is 0 Å². The first-order chi connectivity index (χ1) is 11.6. The zero-order chi connectivity index (χ0) is 17.5. The fourth-order valence-corrected chi connectivity index (χ4v) is 2.18. The van der Waals surface area contributed by atoms with Crippen LogP contribution in [0.5, 0.6) is 17.2 Å². The van der Waals surface area contributed by atoms with Crippen LogP contribution in [0.4, 0.5) is 5.69 Å². The summed E-state index contributed by atoms with van der Waals surface area (Å²) in [5.74, 6) is 1.33. The molecule has 0 saturated heterocycles. The number of aromatic nitrogens is 1. The van der Waals surface area contributed by atoms with E-state index in [9.17, 15) is 4.79 Å². The van der Waals surface area contributed by atoms with Gasteiger partial charge < -0.3 is 19.5 Å². The van der Waals surface area contributed by atoms with E-state index in [1.54, 1.807) is 57.9 Å². The van der Waals surface area contributed by atoms with Crippen molar-refractivity contribution in [2.24, 2.45) is 0 Å². The van der Waals surface area contributed by atoms with Gasteiger partial charge in [-0.05, 0) is 42.8 Å². The largest absolute Gasteiger partial charge is 0.493 e. The summed E-state index contributed by atoms with van der Waals surface area (Å²) in [6.45, 7) is 1.86. The summed E-state index contributed by atoms with van der Waals surface area (Å²) in [7, 11) is 4.63. The molecule has 0 atom stereocenters. The molecule has 0 aliphatic carbocycles. The van der Waals surface area contributed by atoms with Crippen LogP contribution in [-0.2, 0) is 4.79 Å². The monoisotopic (exact) mass is 328 g/mol. The number of nitrogens with zero attached hydrogens (tertiary/aromatic N) is 1. The smallest absolute Gasteiger partial charge is 0.248 e. The minimum absolute atomic E-state index is 0.241. The highest BCUT2D eigenvalue weighted by atomic mass is 16.5. The molecular formula is C18H20N2O4. The molecule has 0 aliphatic heterocycles. The van der Waals surface area contributed by atoms with Gasteiger partial charge in [-0.2, -0.15) is 0 Å². The summed E-state index contributed by atoms with van der Waals surface area (Å²) < 4.78 is 15.8. The third kappa shape index (κ3) is 4.25. The minimum atomic E-state index is -0.241. The Kier molecular flexibility index (Phi) is 5.78. The van der Waals surface area contributed by atoms with Gasteiger partial charge in [0.05, 0.1) is 21.3 Å². The highest BCUT2D eigenvalue weighted by molar-refractivity contribution is 6.02. The van der Waals surface area contributed by atoms with Gasteiger partial charge in [-0.3, -0.25) is 9.78 Å². The minimum Gasteiger partial charge on any atom is -0.493 e. The Morgan fingerprint density at radius 3 is 2.29 bits per heavy atom. The fourth-order valence-electron chi connectivity index (χ4n) is 2.18. The van der Waals surface area contributed by atoms with Crippen molar-refractivity contribution in [1.82, 2.24) is 4.98 Å². The molecule has 2 rings (SSSR count). The van der Waals surface area contributed by atoms with Gasteiger partial charge in [-0.25, -0.2) is 0 Å². The Labute approximate surface area is 141 Å². The Morgan fingerprint density at radius 2 is 1.75 bits per heavy atom. The number of rotatable bonds is 6. The number of ether oxygens (including phenoxy) is 3. The van der Waals surface area contributed by atoms with Crippen molar-refractivity contribution in [2.75, 3.05) is 26.6 Å². The van der Waals surface area contributed by atoms with Crippen molar-refractivity contribution in [3.8, 4) is 17.2 Å². The highest BCUT2D eigenvalue weighted by Gasteiger charge is 2.12.